The summed E-state index contributed by atoms with van der Waals surface area (Å²) < 4.78 is 71.6. The molecule has 1 heterocycles. The van der Waals surface area contributed by atoms with Crippen LogP contribution in [0.5, 0.6) is 11.5 Å². The van der Waals surface area contributed by atoms with E-state index in [0.717, 1.165) is 4.31 Å². The molecular weight excluding hydrogens is 570 g/mol. The van der Waals surface area contributed by atoms with Crippen LogP contribution in [-0.2, 0) is 29.6 Å². The van der Waals surface area contributed by atoms with E-state index in [2.05, 4.69) is 5.32 Å². The molecule has 0 atom stereocenters. The molecule has 1 amide bonds. The Morgan fingerprint density at radius 2 is 1.54 bits per heavy atom. The molecule has 13 heteroatoms. The van der Waals surface area contributed by atoms with Gasteiger partial charge in [0, 0.05) is 13.1 Å². The van der Waals surface area contributed by atoms with Gasteiger partial charge in [0.2, 0.25) is 15.9 Å². The maximum Gasteiger partial charge on any atom is 0.264 e. The lowest BCUT2D eigenvalue weighted by Gasteiger charge is -2.26. The van der Waals surface area contributed by atoms with Crippen LogP contribution in [-0.4, -0.2) is 79.7 Å². The molecule has 1 aliphatic heterocycles. The van der Waals surface area contributed by atoms with Crippen LogP contribution >= 0.6 is 0 Å². The predicted molar refractivity (Wildman–Crippen MR) is 153 cm³/mol. The molecule has 41 heavy (non-hydrogen) atoms. The summed E-state index contributed by atoms with van der Waals surface area (Å²) >= 11 is 0. The summed E-state index contributed by atoms with van der Waals surface area (Å²) in [5.74, 6) is 0.232. The first-order chi connectivity index (χ1) is 19.7. The number of ether oxygens (including phenoxy) is 3. The molecule has 0 spiro atoms. The Morgan fingerprint density at radius 3 is 2.22 bits per heavy atom. The van der Waals surface area contributed by atoms with E-state index in [-0.39, 0.29) is 28.6 Å². The zero-order valence-corrected chi connectivity index (χ0v) is 24.3. The highest BCUT2D eigenvalue weighted by atomic mass is 32.2. The van der Waals surface area contributed by atoms with Crippen molar-refractivity contribution in [2.75, 3.05) is 56.9 Å². The lowest BCUT2D eigenvalue weighted by molar-refractivity contribution is -0.119. The largest absolute Gasteiger partial charge is 0.492 e. The van der Waals surface area contributed by atoms with Crippen LogP contribution in [0, 0.1) is 0 Å². The van der Waals surface area contributed by atoms with Crippen LogP contribution in [0.15, 0.2) is 88.7 Å². The normalized spacial score (nSPS) is 14.3. The van der Waals surface area contributed by atoms with Gasteiger partial charge in [-0.25, -0.2) is 16.8 Å². The van der Waals surface area contributed by atoms with Gasteiger partial charge in [-0.05, 0) is 55.5 Å². The highest BCUT2D eigenvalue weighted by Crippen LogP contribution is 2.32. The summed E-state index contributed by atoms with van der Waals surface area (Å²) in [6.07, 6.45) is 0. The number of para-hydroxylation sites is 2. The van der Waals surface area contributed by atoms with Crippen molar-refractivity contribution in [1.82, 2.24) is 9.62 Å². The van der Waals surface area contributed by atoms with E-state index >= 15 is 0 Å². The number of carbonyl (C=O) groups is 1. The summed E-state index contributed by atoms with van der Waals surface area (Å²) in [7, 11) is -7.70. The van der Waals surface area contributed by atoms with E-state index in [1.807, 2.05) is 0 Å². The number of rotatable bonds is 13. The molecule has 0 unspecified atom stereocenters. The van der Waals surface area contributed by atoms with E-state index in [9.17, 15) is 21.6 Å². The number of amides is 1. The third-order valence-electron chi connectivity index (χ3n) is 6.18. The first-order valence-electron chi connectivity index (χ1n) is 13.1. The molecule has 0 aliphatic carbocycles. The minimum Gasteiger partial charge on any atom is -0.492 e. The van der Waals surface area contributed by atoms with Crippen molar-refractivity contribution in [3.63, 3.8) is 0 Å². The average Bonchev–Trinajstić information content (AvgIpc) is 3.00. The van der Waals surface area contributed by atoms with Crippen molar-refractivity contribution in [2.24, 2.45) is 0 Å². The molecule has 1 fully saturated rings. The first kappa shape index (κ1) is 30.3. The van der Waals surface area contributed by atoms with Crippen LogP contribution < -0.4 is 19.1 Å². The highest BCUT2D eigenvalue weighted by molar-refractivity contribution is 7.93. The Kier molecular flexibility index (Phi) is 10.2. The molecule has 0 bridgehead atoms. The molecular formula is C28H33N3O8S2. The van der Waals surface area contributed by atoms with Gasteiger partial charge in [0.05, 0.1) is 41.8 Å². The second kappa shape index (κ2) is 13.8. The molecule has 3 aromatic carbocycles. The Labute approximate surface area is 240 Å². The number of carbonyl (C=O) groups excluding carboxylic acids is 1. The number of nitrogens with zero attached hydrogens (tertiary/aromatic N) is 2. The lowest BCUT2D eigenvalue weighted by Crippen LogP contribution is -2.42. The predicted octanol–water partition coefficient (Wildman–Crippen LogP) is 2.50. The van der Waals surface area contributed by atoms with Gasteiger partial charge in [-0.3, -0.25) is 9.10 Å². The van der Waals surface area contributed by atoms with Gasteiger partial charge in [-0.2, -0.15) is 4.31 Å². The summed E-state index contributed by atoms with van der Waals surface area (Å²) in [5.41, 5.74) is 0.247. The monoisotopic (exact) mass is 603 g/mol. The molecule has 1 saturated heterocycles. The van der Waals surface area contributed by atoms with Crippen molar-refractivity contribution < 1.29 is 35.8 Å². The number of hydrogen-bond donors (Lipinski definition) is 1. The van der Waals surface area contributed by atoms with Gasteiger partial charge in [-0.1, -0.05) is 30.3 Å². The summed E-state index contributed by atoms with van der Waals surface area (Å²) in [4.78, 5) is 13.1. The maximum absolute atomic E-state index is 13.6. The van der Waals surface area contributed by atoms with Gasteiger partial charge in [-0.15, -0.1) is 0 Å². The number of nitrogens with one attached hydrogen (secondary N) is 1. The van der Waals surface area contributed by atoms with Crippen molar-refractivity contribution in [2.45, 2.75) is 16.7 Å². The standard InChI is InChI=1S/C28H33N3O8S2/c1-2-38-27-11-7-6-10-26(27)31(41(35,36)24-8-4-3-5-9-24)22-28(32)29-16-19-39-23-12-14-25(15-13-23)40(33,34)30-17-20-37-21-18-30/h3-15H,2,16-22H2,1H3,(H,29,32). The van der Waals surface area contributed by atoms with Crippen molar-refractivity contribution in [3.8, 4) is 11.5 Å². The Morgan fingerprint density at radius 1 is 0.878 bits per heavy atom. The van der Waals surface area contributed by atoms with Crippen LogP contribution in [0.1, 0.15) is 6.92 Å². The smallest absolute Gasteiger partial charge is 0.264 e. The molecule has 4 rings (SSSR count). The maximum atomic E-state index is 13.6. The van der Waals surface area contributed by atoms with Gasteiger partial charge >= 0.3 is 0 Å². The molecule has 0 saturated carbocycles. The lowest BCUT2D eigenvalue weighted by atomic mass is 10.3. The fourth-order valence-corrected chi connectivity index (χ4v) is 7.01. The Bertz CT molecular complexity index is 1510. The molecule has 0 radical (unpaired) electrons. The van der Waals surface area contributed by atoms with Crippen molar-refractivity contribution in [3.05, 3.63) is 78.9 Å². The minimum absolute atomic E-state index is 0.0431. The van der Waals surface area contributed by atoms with E-state index in [1.165, 1.54) is 28.6 Å². The second-order valence-corrected chi connectivity index (χ2v) is 12.7. The molecule has 1 N–H and O–H groups in total. The summed E-state index contributed by atoms with van der Waals surface area (Å²) in [6, 6.07) is 20.6. The SMILES string of the molecule is CCOc1ccccc1N(CC(=O)NCCOc1ccc(S(=O)(=O)N2CCOCC2)cc1)S(=O)(=O)c1ccccc1. The topological polar surface area (TPSA) is 132 Å². The number of morpholine rings is 1. The average molecular weight is 604 g/mol. The number of benzene rings is 3. The fourth-order valence-electron chi connectivity index (χ4n) is 4.15. The Hall–Kier alpha value is -3.65. The number of sulfonamides is 2. The molecule has 11 nitrogen and oxygen atoms in total. The fraction of sp³-hybridized carbons (Fsp3) is 0.321. The summed E-state index contributed by atoms with van der Waals surface area (Å²) in [5, 5.41) is 2.68. The molecule has 220 valence electrons. The number of anilines is 1. The van der Waals surface area contributed by atoms with E-state index < -0.39 is 32.5 Å². The minimum atomic E-state index is -4.09. The zero-order chi connectivity index (χ0) is 29.3. The quantitative estimate of drug-likeness (QED) is 0.295. The van der Waals surface area contributed by atoms with Crippen molar-refractivity contribution in [1.29, 1.82) is 0 Å². The molecule has 0 aromatic heterocycles. The van der Waals surface area contributed by atoms with Gasteiger partial charge in [0.25, 0.3) is 10.0 Å². The summed E-state index contributed by atoms with van der Waals surface area (Å²) in [6.45, 7) is 3.15. The third-order valence-corrected chi connectivity index (χ3v) is 9.86. The van der Waals surface area contributed by atoms with Crippen LogP contribution in [0.25, 0.3) is 0 Å². The molecule has 3 aromatic rings. The van der Waals surface area contributed by atoms with E-state index in [1.54, 1.807) is 61.5 Å². The van der Waals surface area contributed by atoms with Gasteiger partial charge in [0.15, 0.2) is 0 Å². The van der Waals surface area contributed by atoms with Gasteiger partial charge < -0.3 is 19.5 Å². The third kappa shape index (κ3) is 7.55. The van der Waals surface area contributed by atoms with E-state index in [4.69, 9.17) is 14.2 Å². The zero-order valence-electron chi connectivity index (χ0n) is 22.6. The van der Waals surface area contributed by atoms with Crippen LogP contribution in [0.3, 0.4) is 0 Å². The highest BCUT2D eigenvalue weighted by Gasteiger charge is 2.29. The van der Waals surface area contributed by atoms with Crippen molar-refractivity contribution >= 4 is 31.6 Å². The number of hydrogen-bond acceptors (Lipinski definition) is 8. The Balaban J connectivity index is 1.37. The van der Waals surface area contributed by atoms with Gasteiger partial charge in [0.1, 0.15) is 24.7 Å². The second-order valence-electron chi connectivity index (χ2n) is 8.91. The van der Waals surface area contributed by atoms with Crippen LogP contribution in [0.2, 0.25) is 0 Å². The first-order valence-corrected chi connectivity index (χ1v) is 16.0. The van der Waals surface area contributed by atoms with E-state index in [0.29, 0.717) is 44.4 Å². The van der Waals surface area contributed by atoms with Crippen LogP contribution in [0.4, 0.5) is 5.69 Å². The molecule has 1 aliphatic rings.